The molecule has 0 heterocycles. The molecule has 7 heteroatoms. The van der Waals surface area contributed by atoms with Crippen LogP contribution in [0, 0.1) is 17.0 Å². The van der Waals surface area contributed by atoms with Crippen LogP contribution in [0.3, 0.4) is 0 Å². The molecule has 0 unspecified atom stereocenters. The van der Waals surface area contributed by atoms with Gasteiger partial charge in [-0.2, -0.15) is 0 Å². The first-order chi connectivity index (χ1) is 9.38. The van der Waals surface area contributed by atoms with Crippen LogP contribution in [0.1, 0.15) is 25.7 Å². The minimum atomic E-state index is -3.85. The van der Waals surface area contributed by atoms with Crippen molar-refractivity contribution in [3.8, 4) is 0 Å². The predicted octanol–water partition coefficient (Wildman–Crippen LogP) is 1.76. The van der Waals surface area contributed by atoms with Crippen molar-refractivity contribution in [1.29, 1.82) is 0 Å². The number of hydrogen-bond acceptors (Lipinski definition) is 3. The number of rotatable bonds is 5. The van der Waals surface area contributed by atoms with E-state index in [0.29, 0.717) is 12.6 Å². The average Bonchev–Trinajstić information content (AvgIpc) is 2.89. The molecule has 0 atom stereocenters. The molecular formula is C13H18F2N2O2S. The first kappa shape index (κ1) is 15.3. The van der Waals surface area contributed by atoms with Gasteiger partial charge in [0.1, 0.15) is 0 Å². The number of sulfonamides is 1. The first-order valence-electron chi connectivity index (χ1n) is 6.53. The van der Waals surface area contributed by atoms with Crippen molar-refractivity contribution in [3.63, 3.8) is 0 Å². The van der Waals surface area contributed by atoms with E-state index in [2.05, 4.69) is 4.72 Å². The molecule has 1 saturated carbocycles. The van der Waals surface area contributed by atoms with Crippen molar-refractivity contribution in [3.05, 3.63) is 29.8 Å². The van der Waals surface area contributed by atoms with Crippen LogP contribution >= 0.6 is 0 Å². The third-order valence-electron chi connectivity index (χ3n) is 3.94. The molecule has 1 aliphatic rings. The number of nitrogens with two attached hydrogens (primary N) is 1. The summed E-state index contributed by atoms with van der Waals surface area (Å²) in [5.74, 6) is -2.25. The highest BCUT2D eigenvalue weighted by Crippen LogP contribution is 2.36. The largest absolute Gasteiger partial charge is 0.330 e. The standard InChI is InChI=1S/C13H18F2N2O2S/c14-11-4-3-10(7-12(11)15)20(18,19)17-9-13(8-16)5-1-2-6-13/h3-4,7,17H,1-2,5-6,8-9,16H2. The second-order valence-electron chi connectivity index (χ2n) is 5.31. The molecule has 112 valence electrons. The van der Waals surface area contributed by atoms with Gasteiger partial charge in [-0.1, -0.05) is 12.8 Å². The monoisotopic (exact) mass is 304 g/mol. The highest BCUT2D eigenvalue weighted by atomic mass is 32.2. The van der Waals surface area contributed by atoms with E-state index >= 15 is 0 Å². The van der Waals surface area contributed by atoms with Gasteiger partial charge < -0.3 is 5.73 Å². The topological polar surface area (TPSA) is 72.2 Å². The Labute approximate surface area is 117 Å². The molecular weight excluding hydrogens is 286 g/mol. The van der Waals surface area contributed by atoms with E-state index in [9.17, 15) is 17.2 Å². The minimum Gasteiger partial charge on any atom is -0.330 e. The molecule has 0 aliphatic heterocycles. The van der Waals surface area contributed by atoms with Crippen molar-refractivity contribution >= 4 is 10.0 Å². The number of nitrogens with one attached hydrogen (secondary N) is 1. The maximum Gasteiger partial charge on any atom is 0.240 e. The van der Waals surface area contributed by atoms with Crippen molar-refractivity contribution in [2.24, 2.45) is 11.1 Å². The summed E-state index contributed by atoms with van der Waals surface area (Å²) in [7, 11) is -3.85. The van der Waals surface area contributed by atoms with Crippen LogP contribution < -0.4 is 10.5 Å². The molecule has 4 nitrogen and oxygen atoms in total. The van der Waals surface area contributed by atoms with Gasteiger partial charge in [-0.3, -0.25) is 0 Å². The van der Waals surface area contributed by atoms with Crippen LogP contribution in [-0.4, -0.2) is 21.5 Å². The summed E-state index contributed by atoms with van der Waals surface area (Å²) in [4.78, 5) is -0.276. The zero-order valence-corrected chi connectivity index (χ0v) is 11.8. The van der Waals surface area contributed by atoms with Crippen molar-refractivity contribution in [2.45, 2.75) is 30.6 Å². The van der Waals surface area contributed by atoms with Crippen molar-refractivity contribution in [1.82, 2.24) is 4.72 Å². The van der Waals surface area contributed by atoms with E-state index in [1.54, 1.807) is 0 Å². The zero-order valence-electron chi connectivity index (χ0n) is 11.0. The lowest BCUT2D eigenvalue weighted by molar-refractivity contribution is 0.309. The van der Waals surface area contributed by atoms with Crippen molar-refractivity contribution < 1.29 is 17.2 Å². The number of hydrogen-bond donors (Lipinski definition) is 2. The van der Waals surface area contributed by atoms with Gasteiger partial charge in [-0.25, -0.2) is 21.9 Å². The quantitative estimate of drug-likeness (QED) is 0.870. The fourth-order valence-corrected chi connectivity index (χ4v) is 3.72. The number of halogens is 2. The van der Waals surface area contributed by atoms with Gasteiger partial charge in [0.2, 0.25) is 10.0 Å². The van der Waals surface area contributed by atoms with E-state index in [1.807, 2.05) is 0 Å². The van der Waals surface area contributed by atoms with Crippen LogP contribution in [0.15, 0.2) is 23.1 Å². The Hall–Kier alpha value is -1.05. The van der Waals surface area contributed by atoms with Crippen LogP contribution in [0.25, 0.3) is 0 Å². The van der Waals surface area contributed by atoms with Gasteiger partial charge >= 0.3 is 0 Å². The molecule has 3 N–H and O–H groups in total. The Bertz CT molecular complexity index is 584. The summed E-state index contributed by atoms with van der Waals surface area (Å²) < 4.78 is 52.5. The lowest BCUT2D eigenvalue weighted by atomic mass is 9.87. The average molecular weight is 304 g/mol. The summed E-state index contributed by atoms with van der Waals surface area (Å²) in [5.41, 5.74) is 5.52. The molecule has 0 spiro atoms. The summed E-state index contributed by atoms with van der Waals surface area (Å²) in [6.45, 7) is 0.637. The van der Waals surface area contributed by atoms with E-state index in [0.717, 1.165) is 37.8 Å². The first-order valence-corrected chi connectivity index (χ1v) is 8.02. The van der Waals surface area contributed by atoms with Crippen LogP contribution in [0.5, 0.6) is 0 Å². The molecule has 1 aromatic carbocycles. The van der Waals surface area contributed by atoms with E-state index in [4.69, 9.17) is 5.73 Å². The molecule has 20 heavy (non-hydrogen) atoms. The third kappa shape index (κ3) is 3.16. The Morgan fingerprint density at radius 2 is 1.85 bits per heavy atom. The summed E-state index contributed by atoms with van der Waals surface area (Å²) in [5, 5.41) is 0. The van der Waals surface area contributed by atoms with Crippen LogP contribution in [0.4, 0.5) is 8.78 Å². The summed E-state index contributed by atoms with van der Waals surface area (Å²) in [6.07, 6.45) is 3.82. The van der Waals surface area contributed by atoms with Gasteiger partial charge in [0.15, 0.2) is 11.6 Å². The molecule has 0 bridgehead atoms. The second kappa shape index (κ2) is 5.75. The summed E-state index contributed by atoms with van der Waals surface area (Å²) in [6, 6.07) is 2.53. The van der Waals surface area contributed by atoms with Gasteiger partial charge in [-0.15, -0.1) is 0 Å². The highest BCUT2D eigenvalue weighted by molar-refractivity contribution is 7.89. The van der Waals surface area contributed by atoms with Gasteiger partial charge in [0, 0.05) is 6.54 Å². The molecule has 2 rings (SSSR count). The normalized spacial score (nSPS) is 18.4. The molecule has 0 aromatic heterocycles. The van der Waals surface area contributed by atoms with Crippen molar-refractivity contribution in [2.75, 3.05) is 13.1 Å². The van der Waals surface area contributed by atoms with Gasteiger partial charge in [0.25, 0.3) is 0 Å². The van der Waals surface area contributed by atoms with E-state index in [-0.39, 0.29) is 16.9 Å². The highest BCUT2D eigenvalue weighted by Gasteiger charge is 2.33. The maximum absolute atomic E-state index is 13.1. The predicted molar refractivity (Wildman–Crippen MR) is 71.5 cm³/mol. The Morgan fingerprint density at radius 1 is 1.20 bits per heavy atom. The Kier molecular flexibility index (Phi) is 4.41. The van der Waals surface area contributed by atoms with Crippen LogP contribution in [0.2, 0.25) is 0 Å². The summed E-state index contributed by atoms with van der Waals surface area (Å²) >= 11 is 0. The maximum atomic E-state index is 13.1. The minimum absolute atomic E-state index is 0.217. The fourth-order valence-electron chi connectivity index (χ4n) is 2.55. The second-order valence-corrected chi connectivity index (χ2v) is 7.08. The zero-order chi connectivity index (χ0) is 14.8. The van der Waals surface area contributed by atoms with Gasteiger partial charge in [0.05, 0.1) is 4.90 Å². The SMILES string of the molecule is NCC1(CNS(=O)(=O)c2ccc(F)c(F)c2)CCCC1. The van der Waals surface area contributed by atoms with E-state index in [1.165, 1.54) is 0 Å². The smallest absolute Gasteiger partial charge is 0.240 e. The molecule has 1 aliphatic carbocycles. The molecule has 0 amide bonds. The number of benzene rings is 1. The van der Waals surface area contributed by atoms with Gasteiger partial charge in [-0.05, 0) is 43.0 Å². The lowest BCUT2D eigenvalue weighted by Crippen LogP contribution is -2.40. The lowest BCUT2D eigenvalue weighted by Gasteiger charge is -2.27. The van der Waals surface area contributed by atoms with Crippen LogP contribution in [-0.2, 0) is 10.0 Å². The van der Waals surface area contributed by atoms with E-state index < -0.39 is 21.7 Å². The molecule has 0 saturated heterocycles. The molecule has 1 aromatic rings. The Morgan fingerprint density at radius 3 is 2.40 bits per heavy atom. The Balaban J connectivity index is 2.13. The molecule has 1 fully saturated rings. The fraction of sp³-hybridized carbons (Fsp3) is 0.538. The molecule has 0 radical (unpaired) electrons. The third-order valence-corrected chi connectivity index (χ3v) is 5.33.